The van der Waals surface area contributed by atoms with E-state index in [2.05, 4.69) is 15.6 Å². The van der Waals surface area contributed by atoms with Gasteiger partial charge in [0.25, 0.3) is 5.56 Å². The van der Waals surface area contributed by atoms with Gasteiger partial charge in [-0.25, -0.2) is 4.98 Å². The average Bonchev–Trinajstić information content (AvgIpc) is 3.10. The van der Waals surface area contributed by atoms with E-state index in [4.69, 9.17) is 0 Å². The molecular formula is C17H16N4O3S. The quantitative estimate of drug-likeness (QED) is 0.702. The lowest BCUT2D eigenvalue weighted by Crippen LogP contribution is -2.34. The lowest BCUT2D eigenvalue weighted by molar-refractivity contribution is -0.124. The maximum atomic E-state index is 12.2. The smallest absolute Gasteiger partial charge is 0.262 e. The minimum absolute atomic E-state index is 0.0931. The molecule has 2 amide bonds. The lowest BCUT2D eigenvalue weighted by Gasteiger charge is -2.08. The summed E-state index contributed by atoms with van der Waals surface area (Å²) in [6.07, 6.45) is 1.53. The molecule has 1 aromatic carbocycles. The Hall–Kier alpha value is -3.00. The minimum Gasteiger partial charge on any atom is -0.347 e. The summed E-state index contributed by atoms with van der Waals surface area (Å²) in [6.45, 7) is 0.0915. The average molecular weight is 356 g/mol. The van der Waals surface area contributed by atoms with Crippen molar-refractivity contribution in [1.29, 1.82) is 0 Å². The van der Waals surface area contributed by atoms with Gasteiger partial charge in [-0.1, -0.05) is 18.2 Å². The van der Waals surface area contributed by atoms with Crippen LogP contribution in [0.15, 0.2) is 52.9 Å². The van der Waals surface area contributed by atoms with Crippen LogP contribution in [-0.4, -0.2) is 27.9 Å². The van der Waals surface area contributed by atoms with Crippen molar-refractivity contribution in [1.82, 2.24) is 14.9 Å². The Morgan fingerprint density at radius 2 is 1.92 bits per heavy atom. The highest BCUT2D eigenvalue weighted by atomic mass is 32.1. The van der Waals surface area contributed by atoms with Gasteiger partial charge in [-0.15, -0.1) is 11.3 Å². The van der Waals surface area contributed by atoms with E-state index in [0.717, 1.165) is 0 Å². The molecule has 7 nitrogen and oxygen atoms in total. The molecule has 3 rings (SSSR count). The number of fused-ring (bicyclic) bond motifs is 1. The number of aromatic nitrogens is 2. The number of hydrogen-bond donors (Lipinski definition) is 2. The van der Waals surface area contributed by atoms with E-state index >= 15 is 0 Å². The van der Waals surface area contributed by atoms with Gasteiger partial charge >= 0.3 is 0 Å². The van der Waals surface area contributed by atoms with E-state index in [-0.39, 0.29) is 36.9 Å². The fourth-order valence-corrected chi connectivity index (χ4v) is 2.99. The van der Waals surface area contributed by atoms with Crippen molar-refractivity contribution in [2.45, 2.75) is 13.0 Å². The van der Waals surface area contributed by atoms with Crippen molar-refractivity contribution < 1.29 is 9.59 Å². The molecule has 0 fully saturated rings. The molecule has 0 saturated carbocycles. The predicted octanol–water partition coefficient (Wildman–Crippen LogP) is 1.60. The lowest BCUT2D eigenvalue weighted by atomic mass is 10.3. The first-order valence-corrected chi connectivity index (χ1v) is 8.56. The highest BCUT2D eigenvalue weighted by Gasteiger charge is 2.09. The van der Waals surface area contributed by atoms with Crippen molar-refractivity contribution in [3.63, 3.8) is 0 Å². The summed E-state index contributed by atoms with van der Waals surface area (Å²) in [6, 6.07) is 10.7. The zero-order valence-corrected chi connectivity index (χ0v) is 14.1. The summed E-state index contributed by atoms with van der Waals surface area (Å²) in [5, 5.41) is 7.58. The maximum Gasteiger partial charge on any atom is 0.262 e. The van der Waals surface area contributed by atoms with Gasteiger partial charge < -0.3 is 10.6 Å². The van der Waals surface area contributed by atoms with Gasteiger partial charge in [0.2, 0.25) is 11.8 Å². The van der Waals surface area contributed by atoms with Crippen LogP contribution in [0.25, 0.3) is 10.2 Å². The van der Waals surface area contributed by atoms with Crippen LogP contribution in [0, 0.1) is 0 Å². The first-order chi connectivity index (χ1) is 12.1. The van der Waals surface area contributed by atoms with Crippen molar-refractivity contribution >= 4 is 39.1 Å². The normalized spacial score (nSPS) is 10.6. The number of nitrogens with zero attached hydrogens (tertiary/aromatic N) is 2. The zero-order chi connectivity index (χ0) is 17.6. The van der Waals surface area contributed by atoms with Crippen LogP contribution in [0.3, 0.4) is 0 Å². The summed E-state index contributed by atoms with van der Waals surface area (Å²) in [5.74, 6) is -0.612. The molecule has 2 aromatic heterocycles. The molecule has 0 spiro atoms. The third kappa shape index (κ3) is 4.30. The van der Waals surface area contributed by atoms with Crippen molar-refractivity contribution in [3.05, 3.63) is 58.5 Å². The van der Waals surface area contributed by atoms with Gasteiger partial charge in [0.15, 0.2) is 0 Å². The monoisotopic (exact) mass is 356 g/mol. The fraction of sp³-hybridized carbons (Fsp3) is 0.176. The number of anilines is 1. The van der Waals surface area contributed by atoms with E-state index in [0.29, 0.717) is 15.9 Å². The molecule has 0 radical (unpaired) electrons. The molecule has 25 heavy (non-hydrogen) atoms. The molecule has 8 heteroatoms. The first kappa shape index (κ1) is 16.8. The van der Waals surface area contributed by atoms with E-state index in [1.165, 1.54) is 22.2 Å². The summed E-state index contributed by atoms with van der Waals surface area (Å²) in [7, 11) is 0. The second-order valence-electron chi connectivity index (χ2n) is 5.32. The van der Waals surface area contributed by atoms with Gasteiger partial charge in [0.1, 0.15) is 4.83 Å². The first-order valence-electron chi connectivity index (χ1n) is 7.68. The van der Waals surface area contributed by atoms with Crippen LogP contribution < -0.4 is 16.2 Å². The van der Waals surface area contributed by atoms with Gasteiger partial charge in [0.05, 0.1) is 18.3 Å². The fourth-order valence-electron chi connectivity index (χ4n) is 2.27. The third-order valence-electron chi connectivity index (χ3n) is 3.53. The van der Waals surface area contributed by atoms with Crippen molar-refractivity contribution in [2.24, 2.45) is 0 Å². The van der Waals surface area contributed by atoms with Crippen LogP contribution in [0.2, 0.25) is 0 Å². The molecule has 0 aliphatic carbocycles. The highest BCUT2D eigenvalue weighted by molar-refractivity contribution is 7.16. The summed E-state index contributed by atoms with van der Waals surface area (Å²) >= 11 is 1.40. The number of aryl methyl sites for hydroxylation is 1. The van der Waals surface area contributed by atoms with Crippen molar-refractivity contribution in [3.8, 4) is 0 Å². The SMILES string of the molecule is O=C(CCn1cnc2sccc2c1=O)NCC(=O)Nc1ccccc1. The molecule has 0 unspecified atom stereocenters. The molecule has 0 saturated heterocycles. The maximum absolute atomic E-state index is 12.2. The minimum atomic E-state index is -0.307. The van der Waals surface area contributed by atoms with Crippen molar-refractivity contribution in [2.75, 3.05) is 11.9 Å². The van der Waals surface area contributed by atoms with Gasteiger partial charge in [0, 0.05) is 18.7 Å². The molecule has 128 valence electrons. The number of hydrogen-bond acceptors (Lipinski definition) is 5. The number of rotatable bonds is 6. The van der Waals surface area contributed by atoms with E-state index in [1.54, 1.807) is 18.2 Å². The van der Waals surface area contributed by atoms with Crippen LogP contribution in [0.1, 0.15) is 6.42 Å². The zero-order valence-electron chi connectivity index (χ0n) is 13.3. The number of benzene rings is 1. The van der Waals surface area contributed by atoms with Crippen LogP contribution in [-0.2, 0) is 16.1 Å². The highest BCUT2D eigenvalue weighted by Crippen LogP contribution is 2.13. The predicted molar refractivity (Wildman–Crippen MR) is 96.6 cm³/mol. The Kier molecular flexibility index (Phi) is 5.20. The number of carbonyl (C=O) groups is 2. The Morgan fingerprint density at radius 3 is 2.72 bits per heavy atom. The molecule has 0 bridgehead atoms. The van der Waals surface area contributed by atoms with Crippen LogP contribution >= 0.6 is 11.3 Å². The Bertz CT molecular complexity index is 949. The molecule has 0 aliphatic rings. The standard InChI is InChI=1S/C17H16N4O3S/c22-14(18-10-15(23)20-12-4-2-1-3-5-12)6-8-21-11-19-16-13(17(21)24)7-9-25-16/h1-5,7,9,11H,6,8,10H2,(H,18,22)(H,20,23). The number of carbonyl (C=O) groups excluding carboxylic acids is 2. The topological polar surface area (TPSA) is 93.1 Å². The summed E-state index contributed by atoms with van der Waals surface area (Å²) in [4.78, 5) is 40.7. The molecule has 0 atom stereocenters. The molecule has 3 aromatic rings. The molecular weight excluding hydrogens is 340 g/mol. The van der Waals surface area contributed by atoms with Crippen LogP contribution in [0.5, 0.6) is 0 Å². The molecule has 2 N–H and O–H groups in total. The number of thiophene rings is 1. The number of amides is 2. The molecule has 2 heterocycles. The Balaban J connectivity index is 1.48. The Morgan fingerprint density at radius 1 is 1.12 bits per heavy atom. The second kappa shape index (κ2) is 7.71. The number of para-hydroxylation sites is 1. The Labute approximate surface area is 147 Å². The second-order valence-corrected chi connectivity index (χ2v) is 6.22. The van der Waals surface area contributed by atoms with E-state index in [1.807, 2.05) is 23.6 Å². The van der Waals surface area contributed by atoms with Gasteiger partial charge in [-0.3, -0.25) is 19.0 Å². The third-order valence-corrected chi connectivity index (χ3v) is 4.35. The van der Waals surface area contributed by atoms with E-state index in [9.17, 15) is 14.4 Å². The van der Waals surface area contributed by atoms with Gasteiger partial charge in [-0.2, -0.15) is 0 Å². The van der Waals surface area contributed by atoms with Gasteiger partial charge in [-0.05, 0) is 23.6 Å². The van der Waals surface area contributed by atoms with E-state index < -0.39 is 0 Å². The number of nitrogens with one attached hydrogen (secondary N) is 2. The van der Waals surface area contributed by atoms with Crippen LogP contribution in [0.4, 0.5) is 5.69 Å². The summed E-state index contributed by atoms with van der Waals surface area (Å²) in [5.41, 5.74) is 0.504. The summed E-state index contributed by atoms with van der Waals surface area (Å²) < 4.78 is 1.40. The largest absolute Gasteiger partial charge is 0.347 e. The molecule has 0 aliphatic heterocycles.